The molecule has 0 aliphatic rings. The summed E-state index contributed by atoms with van der Waals surface area (Å²) in [5.41, 5.74) is 1.47. The van der Waals surface area contributed by atoms with Gasteiger partial charge in [-0.15, -0.1) is 0 Å². The van der Waals surface area contributed by atoms with E-state index in [4.69, 9.17) is 4.74 Å². The van der Waals surface area contributed by atoms with E-state index >= 15 is 0 Å². The number of methoxy groups -OCH3 is 1. The van der Waals surface area contributed by atoms with Crippen LogP contribution in [0.4, 0.5) is 5.69 Å². The monoisotopic (exact) mass is 292 g/mol. The summed E-state index contributed by atoms with van der Waals surface area (Å²) in [6.07, 6.45) is 0.474. The number of benzene rings is 1. The highest BCUT2D eigenvalue weighted by molar-refractivity contribution is 5.90. The van der Waals surface area contributed by atoms with Crippen LogP contribution in [0, 0.1) is 5.41 Å². The summed E-state index contributed by atoms with van der Waals surface area (Å²) in [4.78, 5) is 23.0. The van der Waals surface area contributed by atoms with E-state index in [-0.39, 0.29) is 17.2 Å². The van der Waals surface area contributed by atoms with Crippen LogP contribution in [0.2, 0.25) is 0 Å². The summed E-state index contributed by atoms with van der Waals surface area (Å²) in [6.45, 7) is 7.93. The fourth-order valence-electron chi connectivity index (χ4n) is 1.90. The Labute approximate surface area is 126 Å². The van der Waals surface area contributed by atoms with E-state index in [2.05, 4.69) is 10.6 Å². The second-order valence-corrected chi connectivity index (χ2v) is 6.23. The molecule has 5 heteroatoms. The van der Waals surface area contributed by atoms with Gasteiger partial charge in [-0.2, -0.15) is 0 Å². The second-order valence-electron chi connectivity index (χ2n) is 6.23. The summed E-state index contributed by atoms with van der Waals surface area (Å²) >= 11 is 0. The Morgan fingerprint density at radius 2 is 1.90 bits per heavy atom. The van der Waals surface area contributed by atoms with Crippen molar-refractivity contribution in [3.8, 4) is 5.75 Å². The first-order valence-corrected chi connectivity index (χ1v) is 6.92. The second kappa shape index (κ2) is 7.11. The molecule has 21 heavy (non-hydrogen) atoms. The van der Waals surface area contributed by atoms with Gasteiger partial charge in [0.2, 0.25) is 11.8 Å². The first-order valence-electron chi connectivity index (χ1n) is 6.92. The average molecular weight is 292 g/mol. The summed E-state index contributed by atoms with van der Waals surface area (Å²) in [6, 6.07) is 5.44. The van der Waals surface area contributed by atoms with Gasteiger partial charge in [0, 0.05) is 19.9 Å². The first kappa shape index (κ1) is 17.0. The zero-order chi connectivity index (χ0) is 16.0. The first-order chi connectivity index (χ1) is 9.71. The number of nitrogens with one attached hydrogen (secondary N) is 2. The van der Waals surface area contributed by atoms with Crippen LogP contribution in [-0.4, -0.2) is 18.9 Å². The van der Waals surface area contributed by atoms with Gasteiger partial charge >= 0.3 is 0 Å². The third-order valence-electron chi connectivity index (χ3n) is 2.76. The van der Waals surface area contributed by atoms with Crippen LogP contribution in [0.15, 0.2) is 18.2 Å². The molecule has 0 aliphatic heterocycles. The summed E-state index contributed by atoms with van der Waals surface area (Å²) in [7, 11) is 1.55. The topological polar surface area (TPSA) is 67.4 Å². The number of hydrogen-bond donors (Lipinski definition) is 2. The van der Waals surface area contributed by atoms with E-state index in [1.807, 2.05) is 26.8 Å². The van der Waals surface area contributed by atoms with Gasteiger partial charge in [-0.05, 0) is 23.1 Å². The van der Waals surface area contributed by atoms with Crippen LogP contribution in [-0.2, 0) is 16.1 Å². The molecular weight excluding hydrogens is 268 g/mol. The number of amides is 2. The molecule has 0 saturated carbocycles. The number of anilines is 1. The molecule has 0 aliphatic carbocycles. The lowest BCUT2D eigenvalue weighted by molar-refractivity contribution is -0.123. The fourth-order valence-corrected chi connectivity index (χ4v) is 1.90. The zero-order valence-corrected chi connectivity index (χ0v) is 13.4. The maximum absolute atomic E-state index is 11.8. The number of rotatable bonds is 5. The largest absolute Gasteiger partial charge is 0.495 e. The van der Waals surface area contributed by atoms with Crippen molar-refractivity contribution in [1.29, 1.82) is 0 Å². The van der Waals surface area contributed by atoms with Crippen molar-refractivity contribution >= 4 is 17.5 Å². The molecule has 1 aromatic rings. The lowest BCUT2D eigenvalue weighted by Crippen LogP contribution is -2.27. The zero-order valence-electron chi connectivity index (χ0n) is 13.4. The van der Waals surface area contributed by atoms with E-state index in [9.17, 15) is 9.59 Å². The smallest absolute Gasteiger partial charge is 0.221 e. The maximum Gasteiger partial charge on any atom is 0.221 e. The van der Waals surface area contributed by atoms with Gasteiger partial charge in [-0.25, -0.2) is 0 Å². The highest BCUT2D eigenvalue weighted by Crippen LogP contribution is 2.25. The normalized spacial score (nSPS) is 10.9. The molecule has 0 spiro atoms. The van der Waals surface area contributed by atoms with E-state index in [0.717, 1.165) is 5.56 Å². The molecule has 1 rings (SSSR count). The van der Waals surface area contributed by atoms with Crippen molar-refractivity contribution in [3.05, 3.63) is 23.8 Å². The molecule has 0 heterocycles. The minimum Gasteiger partial charge on any atom is -0.495 e. The van der Waals surface area contributed by atoms with Gasteiger partial charge < -0.3 is 15.4 Å². The Bertz CT molecular complexity index is 519. The minimum absolute atomic E-state index is 0.0133. The lowest BCUT2D eigenvalue weighted by atomic mass is 9.92. The lowest BCUT2D eigenvalue weighted by Gasteiger charge is -2.17. The van der Waals surface area contributed by atoms with Crippen molar-refractivity contribution in [2.45, 2.75) is 40.7 Å². The number of ether oxygens (including phenoxy) is 1. The molecule has 0 atom stereocenters. The predicted octanol–water partition coefficient (Wildman–Crippen LogP) is 2.71. The highest BCUT2D eigenvalue weighted by atomic mass is 16.5. The van der Waals surface area contributed by atoms with Crippen LogP contribution in [0.3, 0.4) is 0 Å². The Morgan fingerprint density at radius 1 is 1.24 bits per heavy atom. The Balaban J connectivity index is 2.71. The van der Waals surface area contributed by atoms with Gasteiger partial charge in [0.25, 0.3) is 0 Å². The van der Waals surface area contributed by atoms with E-state index in [1.165, 1.54) is 6.92 Å². The molecule has 0 radical (unpaired) electrons. The third kappa shape index (κ3) is 6.29. The molecule has 1 aromatic carbocycles. The number of carbonyl (C=O) groups excluding carboxylic acids is 2. The SMILES string of the molecule is COc1ccc(CNC(=O)CC(C)(C)C)cc1NC(C)=O. The van der Waals surface area contributed by atoms with Crippen molar-refractivity contribution in [3.63, 3.8) is 0 Å². The summed E-state index contributed by atoms with van der Waals surface area (Å²) in [5.74, 6) is 0.441. The molecule has 0 aromatic heterocycles. The Kier molecular flexibility index (Phi) is 5.76. The van der Waals surface area contributed by atoms with Crippen LogP contribution in [0.1, 0.15) is 39.7 Å². The molecule has 2 amide bonds. The molecule has 2 N–H and O–H groups in total. The van der Waals surface area contributed by atoms with Crippen molar-refractivity contribution in [1.82, 2.24) is 5.32 Å². The molecule has 0 bridgehead atoms. The number of carbonyl (C=O) groups is 2. The van der Waals surface area contributed by atoms with Crippen LogP contribution < -0.4 is 15.4 Å². The molecule has 5 nitrogen and oxygen atoms in total. The molecule has 0 fully saturated rings. The average Bonchev–Trinajstić information content (AvgIpc) is 2.34. The van der Waals surface area contributed by atoms with Gasteiger partial charge in [-0.3, -0.25) is 9.59 Å². The van der Waals surface area contributed by atoms with E-state index in [0.29, 0.717) is 24.4 Å². The van der Waals surface area contributed by atoms with E-state index in [1.54, 1.807) is 19.2 Å². The van der Waals surface area contributed by atoms with Crippen LogP contribution in [0.5, 0.6) is 5.75 Å². The standard InChI is InChI=1S/C16H24N2O3/c1-11(19)18-13-8-12(6-7-14(13)21-5)10-17-15(20)9-16(2,3)4/h6-8H,9-10H2,1-5H3,(H,17,20)(H,18,19). The van der Waals surface area contributed by atoms with Gasteiger partial charge in [0.05, 0.1) is 12.8 Å². The Hall–Kier alpha value is -2.04. The van der Waals surface area contributed by atoms with Crippen molar-refractivity contribution in [2.75, 3.05) is 12.4 Å². The van der Waals surface area contributed by atoms with Crippen molar-refractivity contribution in [2.24, 2.45) is 5.41 Å². The maximum atomic E-state index is 11.8. The third-order valence-corrected chi connectivity index (χ3v) is 2.76. The summed E-state index contributed by atoms with van der Waals surface area (Å²) in [5, 5.41) is 5.60. The quantitative estimate of drug-likeness (QED) is 0.877. The van der Waals surface area contributed by atoms with Gasteiger partial charge in [0.1, 0.15) is 5.75 Å². The van der Waals surface area contributed by atoms with Crippen LogP contribution in [0.25, 0.3) is 0 Å². The van der Waals surface area contributed by atoms with E-state index < -0.39 is 0 Å². The molecular formula is C16H24N2O3. The van der Waals surface area contributed by atoms with Crippen molar-refractivity contribution < 1.29 is 14.3 Å². The van der Waals surface area contributed by atoms with Crippen LogP contribution >= 0.6 is 0 Å². The molecule has 0 unspecified atom stereocenters. The fraction of sp³-hybridized carbons (Fsp3) is 0.500. The molecule has 116 valence electrons. The number of hydrogen-bond acceptors (Lipinski definition) is 3. The predicted molar refractivity (Wildman–Crippen MR) is 83.2 cm³/mol. The highest BCUT2D eigenvalue weighted by Gasteiger charge is 2.15. The van der Waals surface area contributed by atoms with Gasteiger partial charge in [-0.1, -0.05) is 26.8 Å². The molecule has 0 saturated heterocycles. The summed E-state index contributed by atoms with van der Waals surface area (Å²) < 4.78 is 5.19. The Morgan fingerprint density at radius 3 is 2.43 bits per heavy atom. The van der Waals surface area contributed by atoms with Gasteiger partial charge in [0.15, 0.2) is 0 Å². The minimum atomic E-state index is -0.165.